The monoisotopic (exact) mass is 315 g/mol. The van der Waals surface area contributed by atoms with Crippen LogP contribution < -0.4 is 14.8 Å². The first-order chi connectivity index (χ1) is 11.0. The highest BCUT2D eigenvalue weighted by Gasteiger charge is 2.06. The van der Waals surface area contributed by atoms with Gasteiger partial charge in [-0.15, -0.1) is 0 Å². The third-order valence-corrected chi connectivity index (χ3v) is 2.93. The van der Waals surface area contributed by atoms with Crippen LogP contribution in [0.5, 0.6) is 11.5 Å². The maximum atomic E-state index is 11.9. The Bertz CT molecular complexity index is 699. The van der Waals surface area contributed by atoms with Crippen LogP contribution in [0, 0.1) is 6.92 Å². The summed E-state index contributed by atoms with van der Waals surface area (Å²) >= 11 is 0. The molecule has 0 saturated carbocycles. The van der Waals surface area contributed by atoms with E-state index in [4.69, 9.17) is 14.6 Å². The minimum absolute atomic E-state index is 0.120. The highest BCUT2D eigenvalue weighted by atomic mass is 16.5. The van der Waals surface area contributed by atoms with E-state index in [9.17, 15) is 9.59 Å². The lowest BCUT2D eigenvalue weighted by atomic mass is 10.2. The molecule has 0 radical (unpaired) electrons. The summed E-state index contributed by atoms with van der Waals surface area (Å²) in [5, 5.41) is 11.2. The topological polar surface area (TPSA) is 84.9 Å². The van der Waals surface area contributed by atoms with E-state index < -0.39 is 12.6 Å². The highest BCUT2D eigenvalue weighted by Crippen LogP contribution is 2.18. The van der Waals surface area contributed by atoms with Crippen molar-refractivity contribution < 1.29 is 24.2 Å². The third kappa shape index (κ3) is 5.35. The Balaban J connectivity index is 1.89. The van der Waals surface area contributed by atoms with E-state index in [0.29, 0.717) is 17.2 Å². The van der Waals surface area contributed by atoms with Gasteiger partial charge >= 0.3 is 5.97 Å². The van der Waals surface area contributed by atoms with Crippen molar-refractivity contribution in [1.29, 1.82) is 0 Å². The van der Waals surface area contributed by atoms with Crippen molar-refractivity contribution in [3.05, 3.63) is 54.1 Å². The van der Waals surface area contributed by atoms with Crippen molar-refractivity contribution in [1.82, 2.24) is 0 Å². The van der Waals surface area contributed by atoms with Gasteiger partial charge in [-0.05, 0) is 30.7 Å². The van der Waals surface area contributed by atoms with Crippen LogP contribution in [0.25, 0.3) is 0 Å². The van der Waals surface area contributed by atoms with E-state index in [2.05, 4.69) is 5.32 Å². The number of aryl methyl sites for hydroxylation is 1. The molecule has 23 heavy (non-hydrogen) atoms. The quantitative estimate of drug-likeness (QED) is 0.820. The molecule has 0 saturated heterocycles. The number of ether oxygens (including phenoxy) is 2. The molecule has 6 nitrogen and oxygen atoms in total. The number of aliphatic carboxylic acids is 1. The van der Waals surface area contributed by atoms with Crippen molar-refractivity contribution in [3.63, 3.8) is 0 Å². The van der Waals surface area contributed by atoms with Crippen LogP contribution in [-0.4, -0.2) is 30.2 Å². The summed E-state index contributed by atoms with van der Waals surface area (Å²) in [6.45, 7) is 1.34. The normalized spacial score (nSPS) is 9.96. The van der Waals surface area contributed by atoms with E-state index in [-0.39, 0.29) is 12.5 Å². The van der Waals surface area contributed by atoms with Gasteiger partial charge in [0.25, 0.3) is 5.91 Å². The predicted octanol–water partition coefficient (Wildman–Crippen LogP) is 2.48. The highest BCUT2D eigenvalue weighted by molar-refractivity contribution is 5.92. The number of benzene rings is 2. The van der Waals surface area contributed by atoms with Crippen LogP contribution >= 0.6 is 0 Å². The number of hydrogen-bond acceptors (Lipinski definition) is 4. The van der Waals surface area contributed by atoms with Gasteiger partial charge in [-0.2, -0.15) is 0 Å². The average molecular weight is 315 g/mol. The SMILES string of the molecule is Cc1ccccc1OCC(=O)Nc1cccc(OCC(=O)O)c1. The van der Waals surface area contributed by atoms with Gasteiger partial charge in [-0.1, -0.05) is 24.3 Å². The number of carbonyl (C=O) groups excluding carboxylic acids is 1. The zero-order valence-corrected chi connectivity index (χ0v) is 12.6. The van der Waals surface area contributed by atoms with Crippen LogP contribution in [-0.2, 0) is 9.59 Å². The van der Waals surface area contributed by atoms with E-state index >= 15 is 0 Å². The van der Waals surface area contributed by atoms with Gasteiger partial charge in [-0.3, -0.25) is 4.79 Å². The largest absolute Gasteiger partial charge is 0.483 e. The summed E-state index contributed by atoms with van der Waals surface area (Å²) in [4.78, 5) is 22.4. The van der Waals surface area contributed by atoms with E-state index in [1.165, 1.54) is 0 Å². The predicted molar refractivity (Wildman–Crippen MR) is 84.9 cm³/mol. The van der Waals surface area contributed by atoms with Crippen molar-refractivity contribution in [2.75, 3.05) is 18.5 Å². The first-order valence-electron chi connectivity index (χ1n) is 6.97. The minimum Gasteiger partial charge on any atom is -0.483 e. The summed E-state index contributed by atoms with van der Waals surface area (Å²) in [5.41, 5.74) is 1.45. The Morgan fingerprint density at radius 3 is 2.57 bits per heavy atom. The molecule has 0 spiro atoms. The second kappa shape index (κ2) is 7.84. The summed E-state index contributed by atoms with van der Waals surface area (Å²) in [7, 11) is 0. The number of carboxylic acids is 1. The number of carboxylic acid groups (broad SMARTS) is 1. The molecule has 0 bridgehead atoms. The lowest BCUT2D eigenvalue weighted by Gasteiger charge is -2.10. The summed E-state index contributed by atoms with van der Waals surface area (Å²) < 4.78 is 10.5. The Morgan fingerprint density at radius 2 is 1.83 bits per heavy atom. The second-order valence-electron chi connectivity index (χ2n) is 4.81. The molecule has 0 aromatic heterocycles. The number of rotatable bonds is 7. The molecule has 0 unspecified atom stereocenters. The molecule has 0 atom stereocenters. The molecule has 0 heterocycles. The zero-order valence-electron chi connectivity index (χ0n) is 12.6. The van der Waals surface area contributed by atoms with Gasteiger partial charge in [-0.25, -0.2) is 4.79 Å². The summed E-state index contributed by atoms with van der Waals surface area (Å²) in [5.74, 6) is -0.360. The van der Waals surface area contributed by atoms with Crippen LogP contribution in [0.1, 0.15) is 5.56 Å². The van der Waals surface area contributed by atoms with E-state index in [0.717, 1.165) is 5.56 Å². The molecule has 120 valence electrons. The fraction of sp³-hybridized carbons (Fsp3) is 0.176. The van der Waals surface area contributed by atoms with E-state index in [1.807, 2.05) is 25.1 Å². The third-order valence-electron chi connectivity index (χ3n) is 2.93. The fourth-order valence-electron chi connectivity index (χ4n) is 1.87. The lowest BCUT2D eigenvalue weighted by Crippen LogP contribution is -2.20. The number of carbonyl (C=O) groups is 2. The van der Waals surface area contributed by atoms with Crippen LogP contribution in [0.3, 0.4) is 0 Å². The molecule has 2 aromatic carbocycles. The second-order valence-corrected chi connectivity index (χ2v) is 4.81. The smallest absolute Gasteiger partial charge is 0.341 e. The minimum atomic E-state index is -1.06. The maximum Gasteiger partial charge on any atom is 0.341 e. The molecule has 6 heteroatoms. The molecule has 2 N–H and O–H groups in total. The Kier molecular flexibility index (Phi) is 5.57. The van der Waals surface area contributed by atoms with Gasteiger partial charge in [0.05, 0.1) is 0 Å². The van der Waals surface area contributed by atoms with Crippen LogP contribution in [0.4, 0.5) is 5.69 Å². The van der Waals surface area contributed by atoms with Crippen molar-refractivity contribution in [3.8, 4) is 11.5 Å². The molecule has 1 amide bonds. The average Bonchev–Trinajstić information content (AvgIpc) is 2.52. The molecular weight excluding hydrogens is 298 g/mol. The van der Waals surface area contributed by atoms with E-state index in [1.54, 1.807) is 30.3 Å². The maximum absolute atomic E-state index is 11.9. The number of amides is 1. The molecule has 2 aromatic rings. The Hall–Kier alpha value is -3.02. The first-order valence-corrected chi connectivity index (χ1v) is 6.97. The van der Waals surface area contributed by atoms with Gasteiger partial charge < -0.3 is 19.9 Å². The van der Waals surface area contributed by atoms with Crippen molar-refractivity contribution in [2.45, 2.75) is 6.92 Å². The molecule has 0 aliphatic rings. The Morgan fingerprint density at radius 1 is 1.04 bits per heavy atom. The van der Waals surface area contributed by atoms with Gasteiger partial charge in [0.1, 0.15) is 11.5 Å². The zero-order chi connectivity index (χ0) is 16.7. The number of anilines is 1. The number of nitrogens with one attached hydrogen (secondary N) is 1. The van der Waals surface area contributed by atoms with Crippen molar-refractivity contribution in [2.24, 2.45) is 0 Å². The molecule has 0 aliphatic heterocycles. The molecular formula is C17H17NO5. The van der Waals surface area contributed by atoms with Crippen LogP contribution in [0.2, 0.25) is 0 Å². The van der Waals surface area contributed by atoms with Crippen LogP contribution in [0.15, 0.2) is 48.5 Å². The lowest BCUT2D eigenvalue weighted by molar-refractivity contribution is -0.139. The van der Waals surface area contributed by atoms with Gasteiger partial charge in [0.2, 0.25) is 0 Å². The van der Waals surface area contributed by atoms with Gasteiger partial charge in [0, 0.05) is 11.8 Å². The first kappa shape index (κ1) is 16.4. The molecule has 0 aliphatic carbocycles. The number of hydrogen-bond donors (Lipinski definition) is 2. The molecule has 2 rings (SSSR count). The van der Waals surface area contributed by atoms with Gasteiger partial charge in [0.15, 0.2) is 13.2 Å². The standard InChI is InChI=1S/C17H17NO5/c1-12-5-2-3-8-15(12)23-10-16(19)18-13-6-4-7-14(9-13)22-11-17(20)21/h2-9H,10-11H2,1H3,(H,18,19)(H,20,21). The van der Waals surface area contributed by atoms with Crippen molar-refractivity contribution >= 4 is 17.6 Å². The summed E-state index contributed by atoms with van der Waals surface area (Å²) in [6.07, 6.45) is 0. The Labute approximate surface area is 133 Å². The summed E-state index contributed by atoms with van der Waals surface area (Å²) in [6, 6.07) is 13.9. The number of para-hydroxylation sites is 1. The molecule has 0 fully saturated rings. The fourth-order valence-corrected chi connectivity index (χ4v) is 1.87.